The summed E-state index contributed by atoms with van der Waals surface area (Å²) in [5, 5.41) is 2.88. The van der Waals surface area contributed by atoms with Crippen molar-refractivity contribution in [2.45, 2.75) is 38.1 Å². The molecule has 0 fully saturated rings. The van der Waals surface area contributed by atoms with Gasteiger partial charge in [-0.1, -0.05) is 18.2 Å². The molecule has 0 spiro atoms. The van der Waals surface area contributed by atoms with Crippen molar-refractivity contribution >= 4 is 27.0 Å². The van der Waals surface area contributed by atoms with Gasteiger partial charge in [0.25, 0.3) is 10.0 Å². The fraction of sp³-hybridized carbons (Fsp3) is 0.286. The highest BCUT2D eigenvalue weighted by atomic mass is 32.2. The Bertz CT molecular complexity index is 1120. The minimum atomic E-state index is -3.79. The Morgan fingerprint density at radius 2 is 2.04 bits per heavy atom. The van der Waals surface area contributed by atoms with Crippen LogP contribution in [0.2, 0.25) is 0 Å². The maximum absolute atomic E-state index is 13.7. The molecular formula is C21H22N2O3S2. The largest absolute Gasteiger partial charge is 0.492 e. The molecule has 5 nitrogen and oxygen atoms in total. The molecule has 0 bridgehead atoms. The molecule has 28 heavy (non-hydrogen) atoms. The molecule has 4 rings (SSSR count). The number of thiazole rings is 1. The number of fused-ring (bicyclic) bond motifs is 1. The predicted molar refractivity (Wildman–Crippen MR) is 113 cm³/mol. The predicted octanol–water partition coefficient (Wildman–Crippen LogP) is 4.66. The molecule has 1 aromatic heterocycles. The van der Waals surface area contributed by atoms with Gasteiger partial charge in [-0.2, -0.15) is 0 Å². The molecular weight excluding hydrogens is 392 g/mol. The maximum atomic E-state index is 13.7. The van der Waals surface area contributed by atoms with Crippen LogP contribution in [0.3, 0.4) is 0 Å². The van der Waals surface area contributed by atoms with Gasteiger partial charge in [-0.3, -0.25) is 4.31 Å². The second-order valence-corrected chi connectivity index (χ2v) is 9.67. The molecule has 1 aliphatic heterocycles. The summed E-state index contributed by atoms with van der Waals surface area (Å²) in [6.07, 6.45) is 0.699. The van der Waals surface area contributed by atoms with E-state index in [1.54, 1.807) is 23.5 Å². The summed E-state index contributed by atoms with van der Waals surface area (Å²) in [4.78, 5) is 4.68. The molecule has 0 N–H and O–H groups in total. The first-order chi connectivity index (χ1) is 13.4. The van der Waals surface area contributed by atoms with E-state index in [0.29, 0.717) is 18.8 Å². The van der Waals surface area contributed by atoms with Crippen LogP contribution in [0.15, 0.2) is 52.7 Å². The minimum absolute atomic E-state index is 0.151. The summed E-state index contributed by atoms with van der Waals surface area (Å²) in [6.45, 7) is 6.11. The standard InChI is InChI=1S/C21H22N2O3S2/c1-4-26-20-10-9-16(18-13-27-15(3)22-18)12-21(20)28(24,25)23-14(2)11-17-7-5-6-8-19(17)23/h5-10,12-14H,4,11H2,1-3H3. The smallest absolute Gasteiger partial charge is 0.268 e. The first-order valence-corrected chi connectivity index (χ1v) is 11.6. The Hall–Kier alpha value is -2.38. The molecule has 2 aromatic carbocycles. The summed E-state index contributed by atoms with van der Waals surface area (Å²) < 4.78 is 34.6. The van der Waals surface area contributed by atoms with Crippen molar-refractivity contribution in [3.05, 3.63) is 58.4 Å². The van der Waals surface area contributed by atoms with E-state index in [9.17, 15) is 8.42 Å². The number of benzene rings is 2. The van der Waals surface area contributed by atoms with Crippen LogP contribution in [0.4, 0.5) is 5.69 Å². The molecule has 3 aromatic rings. The lowest BCUT2D eigenvalue weighted by Crippen LogP contribution is -2.36. The van der Waals surface area contributed by atoms with Gasteiger partial charge in [-0.05, 0) is 57.0 Å². The number of ether oxygens (including phenoxy) is 1. The summed E-state index contributed by atoms with van der Waals surface area (Å²) in [7, 11) is -3.79. The highest BCUT2D eigenvalue weighted by molar-refractivity contribution is 7.93. The summed E-state index contributed by atoms with van der Waals surface area (Å²) in [5.41, 5.74) is 3.33. The number of rotatable bonds is 5. The zero-order chi connectivity index (χ0) is 19.9. The van der Waals surface area contributed by atoms with Crippen molar-refractivity contribution in [3.8, 4) is 17.0 Å². The van der Waals surface area contributed by atoms with E-state index in [0.717, 1.165) is 27.5 Å². The molecule has 0 saturated heterocycles. The Balaban J connectivity index is 1.86. The van der Waals surface area contributed by atoms with Gasteiger partial charge < -0.3 is 4.74 Å². The number of para-hydroxylation sites is 1. The summed E-state index contributed by atoms with van der Waals surface area (Å²) in [5.74, 6) is 0.370. The molecule has 7 heteroatoms. The van der Waals surface area contributed by atoms with Crippen LogP contribution in [0.5, 0.6) is 5.75 Å². The van der Waals surface area contributed by atoms with Crippen molar-refractivity contribution in [2.75, 3.05) is 10.9 Å². The van der Waals surface area contributed by atoms with Crippen LogP contribution in [-0.2, 0) is 16.4 Å². The lowest BCUT2D eigenvalue weighted by molar-refractivity contribution is 0.331. The van der Waals surface area contributed by atoms with E-state index in [4.69, 9.17) is 4.74 Å². The van der Waals surface area contributed by atoms with Crippen LogP contribution in [0, 0.1) is 6.92 Å². The number of sulfonamides is 1. The first-order valence-electron chi connectivity index (χ1n) is 9.23. The molecule has 1 unspecified atom stereocenters. The number of aryl methyl sites for hydroxylation is 1. The maximum Gasteiger partial charge on any atom is 0.268 e. The van der Waals surface area contributed by atoms with Crippen LogP contribution < -0.4 is 9.04 Å². The molecule has 146 valence electrons. The van der Waals surface area contributed by atoms with Crippen LogP contribution in [0.1, 0.15) is 24.4 Å². The van der Waals surface area contributed by atoms with Crippen molar-refractivity contribution in [1.29, 1.82) is 0 Å². The second-order valence-electron chi connectivity index (χ2n) is 6.83. The van der Waals surface area contributed by atoms with Gasteiger partial charge in [-0.15, -0.1) is 11.3 Å². The van der Waals surface area contributed by atoms with E-state index in [-0.39, 0.29) is 10.9 Å². The quantitative estimate of drug-likeness (QED) is 0.609. The average molecular weight is 415 g/mol. The molecule has 1 atom stereocenters. The molecule has 2 heterocycles. The number of nitrogens with zero attached hydrogens (tertiary/aromatic N) is 2. The van der Waals surface area contributed by atoms with Crippen LogP contribution in [0.25, 0.3) is 11.3 Å². The zero-order valence-electron chi connectivity index (χ0n) is 16.0. The van der Waals surface area contributed by atoms with Gasteiger partial charge in [0.2, 0.25) is 0 Å². The lowest BCUT2D eigenvalue weighted by atomic mass is 10.1. The lowest BCUT2D eigenvalue weighted by Gasteiger charge is -2.25. The monoisotopic (exact) mass is 414 g/mol. The molecule has 0 aliphatic carbocycles. The summed E-state index contributed by atoms with van der Waals surface area (Å²) >= 11 is 1.54. The Labute approximate surface area is 169 Å². The third kappa shape index (κ3) is 3.18. The highest BCUT2D eigenvalue weighted by Gasteiger charge is 2.37. The highest BCUT2D eigenvalue weighted by Crippen LogP contribution is 2.40. The SMILES string of the molecule is CCOc1ccc(-c2csc(C)n2)cc1S(=O)(=O)N1c2ccccc2CC1C. The van der Waals surface area contributed by atoms with E-state index >= 15 is 0 Å². The normalized spacial score (nSPS) is 16.2. The third-order valence-corrected chi connectivity index (χ3v) is 7.56. The van der Waals surface area contributed by atoms with Crippen molar-refractivity contribution < 1.29 is 13.2 Å². The zero-order valence-corrected chi connectivity index (χ0v) is 17.7. The number of hydrogen-bond acceptors (Lipinski definition) is 5. The Morgan fingerprint density at radius 3 is 2.75 bits per heavy atom. The summed E-state index contributed by atoms with van der Waals surface area (Å²) in [6, 6.07) is 12.8. The molecule has 0 radical (unpaired) electrons. The van der Waals surface area contributed by atoms with Crippen molar-refractivity contribution in [3.63, 3.8) is 0 Å². The molecule has 1 aliphatic rings. The van der Waals surface area contributed by atoms with E-state index < -0.39 is 10.0 Å². The molecule has 0 amide bonds. The van der Waals surface area contributed by atoms with Gasteiger partial charge in [0.15, 0.2) is 0 Å². The second kappa shape index (κ2) is 7.22. The van der Waals surface area contributed by atoms with Crippen molar-refractivity contribution in [1.82, 2.24) is 4.98 Å². The van der Waals surface area contributed by atoms with Crippen LogP contribution >= 0.6 is 11.3 Å². The fourth-order valence-corrected chi connectivity index (χ4v) is 6.13. The molecule has 0 saturated carbocycles. The Morgan fingerprint density at radius 1 is 1.25 bits per heavy atom. The number of hydrogen-bond donors (Lipinski definition) is 0. The first kappa shape index (κ1) is 19.0. The topological polar surface area (TPSA) is 59.5 Å². The van der Waals surface area contributed by atoms with Gasteiger partial charge in [-0.25, -0.2) is 13.4 Å². The van der Waals surface area contributed by atoms with E-state index in [2.05, 4.69) is 4.98 Å². The third-order valence-electron chi connectivity index (χ3n) is 4.84. The number of aromatic nitrogens is 1. The van der Waals surface area contributed by atoms with Gasteiger partial charge in [0.05, 0.1) is 23.0 Å². The minimum Gasteiger partial charge on any atom is -0.492 e. The number of anilines is 1. The van der Waals surface area contributed by atoms with Gasteiger partial charge in [0, 0.05) is 17.0 Å². The van der Waals surface area contributed by atoms with Crippen molar-refractivity contribution in [2.24, 2.45) is 0 Å². The van der Waals surface area contributed by atoms with Crippen LogP contribution in [-0.4, -0.2) is 26.1 Å². The van der Waals surface area contributed by atoms with Gasteiger partial charge >= 0.3 is 0 Å². The van der Waals surface area contributed by atoms with Gasteiger partial charge in [0.1, 0.15) is 10.6 Å². The average Bonchev–Trinajstić information content (AvgIpc) is 3.24. The van der Waals surface area contributed by atoms with E-state index in [1.807, 2.05) is 56.5 Å². The Kier molecular flexibility index (Phi) is 4.89. The van der Waals surface area contributed by atoms with E-state index in [1.165, 1.54) is 4.31 Å². The fourth-order valence-electron chi connectivity index (χ4n) is 3.65.